The number of hydrogen-bond acceptors (Lipinski definition) is 5. The van der Waals surface area contributed by atoms with Crippen LogP contribution in [0.3, 0.4) is 0 Å². The van der Waals surface area contributed by atoms with E-state index in [0.29, 0.717) is 25.2 Å². The average Bonchev–Trinajstić information content (AvgIpc) is 3.35. The van der Waals surface area contributed by atoms with Gasteiger partial charge in [0, 0.05) is 42.9 Å². The van der Waals surface area contributed by atoms with Gasteiger partial charge in [0.1, 0.15) is 5.82 Å². The third-order valence-corrected chi connectivity index (χ3v) is 7.13. The van der Waals surface area contributed by atoms with E-state index in [1.807, 2.05) is 30.3 Å². The third-order valence-electron chi connectivity index (χ3n) is 6.26. The number of ether oxygens (including phenoxy) is 1. The van der Waals surface area contributed by atoms with E-state index in [1.165, 1.54) is 17.8 Å². The molecule has 196 valence electrons. The zero-order valence-corrected chi connectivity index (χ0v) is 21.8. The lowest BCUT2D eigenvalue weighted by molar-refractivity contribution is 0.122. The fourth-order valence-electron chi connectivity index (χ4n) is 4.29. The molecule has 2 heterocycles. The minimum Gasteiger partial charge on any atom is -0.378 e. The molecule has 1 saturated heterocycles. The van der Waals surface area contributed by atoms with Gasteiger partial charge in [-0.05, 0) is 60.5 Å². The van der Waals surface area contributed by atoms with Crippen LogP contribution in [-0.2, 0) is 11.3 Å². The molecule has 5 rings (SSSR count). The third kappa shape index (κ3) is 6.67. The highest BCUT2D eigenvalue weighted by Gasteiger charge is 2.13. The van der Waals surface area contributed by atoms with Crippen molar-refractivity contribution in [3.63, 3.8) is 0 Å². The monoisotopic (exact) mass is 531 g/mol. The van der Waals surface area contributed by atoms with Crippen molar-refractivity contribution in [3.05, 3.63) is 94.9 Å². The predicted octanol–water partition coefficient (Wildman–Crippen LogP) is 5.64. The molecule has 38 heavy (non-hydrogen) atoms. The Morgan fingerprint density at radius 3 is 2.45 bits per heavy atom. The minimum atomic E-state index is -0.288. The van der Waals surface area contributed by atoms with Crippen molar-refractivity contribution in [2.24, 2.45) is 4.99 Å². The maximum absolute atomic E-state index is 13.4. The summed E-state index contributed by atoms with van der Waals surface area (Å²) in [5.41, 5.74) is 4.77. The summed E-state index contributed by atoms with van der Waals surface area (Å²) in [5, 5.41) is 7.86. The average molecular weight is 532 g/mol. The van der Waals surface area contributed by atoms with E-state index < -0.39 is 0 Å². The Labute approximate surface area is 225 Å². The van der Waals surface area contributed by atoms with Crippen LogP contribution in [0.5, 0.6) is 0 Å². The fourth-order valence-corrected chi connectivity index (χ4v) is 5.25. The number of aromatic nitrogens is 1. The zero-order valence-electron chi connectivity index (χ0n) is 21.0. The molecular weight excluding hydrogens is 501 g/mol. The first-order valence-corrected chi connectivity index (χ1v) is 13.6. The van der Waals surface area contributed by atoms with Gasteiger partial charge in [0.15, 0.2) is 4.80 Å². The summed E-state index contributed by atoms with van der Waals surface area (Å²) in [6.45, 7) is 4.45. The lowest BCUT2D eigenvalue weighted by atomic mass is 10.1. The Morgan fingerprint density at radius 1 is 0.974 bits per heavy atom. The van der Waals surface area contributed by atoms with Crippen molar-refractivity contribution in [1.29, 1.82) is 0 Å². The van der Waals surface area contributed by atoms with E-state index in [-0.39, 0.29) is 11.8 Å². The zero-order chi connectivity index (χ0) is 26.2. The molecule has 2 amide bonds. The molecule has 1 aromatic heterocycles. The maximum Gasteiger partial charge on any atom is 0.319 e. The van der Waals surface area contributed by atoms with Gasteiger partial charge in [-0.1, -0.05) is 30.3 Å². The Bertz CT molecular complexity index is 1400. The topological polar surface area (TPSA) is 70.9 Å². The number of amides is 2. The Kier molecular flexibility index (Phi) is 8.47. The molecule has 0 saturated carbocycles. The number of anilines is 2. The van der Waals surface area contributed by atoms with E-state index in [9.17, 15) is 9.18 Å². The summed E-state index contributed by atoms with van der Waals surface area (Å²) in [7, 11) is 0. The van der Waals surface area contributed by atoms with Crippen LogP contribution in [0.15, 0.2) is 89.2 Å². The van der Waals surface area contributed by atoms with Crippen molar-refractivity contribution in [2.75, 3.05) is 43.1 Å². The van der Waals surface area contributed by atoms with Gasteiger partial charge < -0.3 is 24.8 Å². The SMILES string of the molecule is O=C(NCCCn1c(-c2ccc(N3CCOCC3)cc2)cs/c1=N\c1ccc(F)cc1)Nc1ccccc1. The standard InChI is InChI=1S/C29H30FN5O2S/c30-23-9-11-25(12-10-23)33-29-35(16-4-15-31-28(36)32-24-5-2-1-3-6-24)27(21-38-29)22-7-13-26(14-8-22)34-17-19-37-20-18-34/h1-3,5-14,21H,4,15-20H2,(H2,31,32,36)/b33-29-. The van der Waals surface area contributed by atoms with Crippen LogP contribution >= 0.6 is 11.3 Å². The van der Waals surface area contributed by atoms with Gasteiger partial charge in [0.05, 0.1) is 24.6 Å². The number of urea groups is 1. The Hall–Kier alpha value is -3.95. The molecule has 0 radical (unpaired) electrons. The molecule has 0 atom stereocenters. The molecule has 7 nitrogen and oxygen atoms in total. The van der Waals surface area contributed by atoms with Gasteiger partial charge in [0.25, 0.3) is 0 Å². The van der Waals surface area contributed by atoms with Crippen LogP contribution in [0.4, 0.5) is 26.2 Å². The quantitative estimate of drug-likeness (QED) is 0.289. The van der Waals surface area contributed by atoms with E-state index in [2.05, 4.69) is 49.7 Å². The number of nitrogens with zero attached hydrogens (tertiary/aromatic N) is 3. The van der Waals surface area contributed by atoms with Crippen LogP contribution in [0.2, 0.25) is 0 Å². The molecule has 3 aromatic carbocycles. The van der Waals surface area contributed by atoms with Gasteiger partial charge in [-0.3, -0.25) is 0 Å². The van der Waals surface area contributed by atoms with E-state index in [4.69, 9.17) is 9.73 Å². The summed E-state index contributed by atoms with van der Waals surface area (Å²) in [6, 6.07) is 23.9. The highest BCUT2D eigenvalue weighted by molar-refractivity contribution is 7.07. The van der Waals surface area contributed by atoms with Crippen LogP contribution in [-0.4, -0.2) is 43.4 Å². The number of nitrogens with one attached hydrogen (secondary N) is 2. The molecule has 4 aromatic rings. The fraction of sp³-hybridized carbons (Fsp3) is 0.241. The number of thiazole rings is 1. The molecule has 0 unspecified atom stereocenters. The second-order valence-electron chi connectivity index (χ2n) is 8.89. The van der Waals surface area contributed by atoms with E-state index >= 15 is 0 Å². The lowest BCUT2D eigenvalue weighted by Crippen LogP contribution is -2.36. The van der Waals surface area contributed by atoms with Crippen molar-refractivity contribution in [3.8, 4) is 11.3 Å². The number of carbonyl (C=O) groups is 1. The van der Waals surface area contributed by atoms with Gasteiger partial charge in [-0.2, -0.15) is 0 Å². The Morgan fingerprint density at radius 2 is 1.71 bits per heavy atom. The van der Waals surface area contributed by atoms with Crippen LogP contribution in [0, 0.1) is 5.82 Å². The summed E-state index contributed by atoms with van der Waals surface area (Å²) in [4.78, 5) is 20.2. The van der Waals surface area contributed by atoms with Crippen molar-refractivity contribution in [1.82, 2.24) is 9.88 Å². The first-order valence-electron chi connectivity index (χ1n) is 12.7. The molecule has 0 spiro atoms. The van der Waals surface area contributed by atoms with Gasteiger partial charge >= 0.3 is 6.03 Å². The lowest BCUT2D eigenvalue weighted by Gasteiger charge is -2.28. The summed E-state index contributed by atoms with van der Waals surface area (Å²) >= 11 is 1.54. The predicted molar refractivity (Wildman–Crippen MR) is 150 cm³/mol. The molecule has 1 aliphatic heterocycles. The van der Waals surface area contributed by atoms with Crippen LogP contribution in [0.25, 0.3) is 11.3 Å². The normalized spacial score (nSPS) is 13.9. The number of carbonyl (C=O) groups excluding carboxylic acids is 1. The Balaban J connectivity index is 1.32. The highest BCUT2D eigenvalue weighted by Crippen LogP contribution is 2.25. The number of rotatable bonds is 8. The summed E-state index contributed by atoms with van der Waals surface area (Å²) in [6.07, 6.45) is 0.717. The number of para-hydroxylation sites is 1. The molecule has 0 aliphatic carbocycles. The second kappa shape index (κ2) is 12.5. The van der Waals surface area contributed by atoms with Gasteiger partial charge in [-0.25, -0.2) is 14.2 Å². The van der Waals surface area contributed by atoms with Crippen LogP contribution < -0.4 is 20.3 Å². The maximum atomic E-state index is 13.4. The molecule has 2 N–H and O–H groups in total. The van der Waals surface area contributed by atoms with Gasteiger partial charge in [-0.15, -0.1) is 11.3 Å². The molecule has 9 heteroatoms. The number of hydrogen-bond donors (Lipinski definition) is 2. The van der Waals surface area contributed by atoms with E-state index in [0.717, 1.165) is 48.0 Å². The molecule has 0 bridgehead atoms. The number of morpholine rings is 1. The minimum absolute atomic E-state index is 0.235. The van der Waals surface area contributed by atoms with Crippen molar-refractivity contribution >= 4 is 34.4 Å². The largest absolute Gasteiger partial charge is 0.378 e. The van der Waals surface area contributed by atoms with Gasteiger partial charge in [0.2, 0.25) is 0 Å². The second-order valence-corrected chi connectivity index (χ2v) is 9.73. The highest BCUT2D eigenvalue weighted by atomic mass is 32.1. The first kappa shape index (κ1) is 25.7. The smallest absolute Gasteiger partial charge is 0.319 e. The van der Waals surface area contributed by atoms with Crippen molar-refractivity contribution in [2.45, 2.75) is 13.0 Å². The van der Waals surface area contributed by atoms with Crippen LogP contribution in [0.1, 0.15) is 6.42 Å². The van der Waals surface area contributed by atoms with Crippen molar-refractivity contribution < 1.29 is 13.9 Å². The summed E-state index contributed by atoms with van der Waals surface area (Å²) < 4.78 is 21.0. The molecule has 1 aliphatic rings. The number of halogens is 1. The molecular formula is C29H30FN5O2S. The first-order chi connectivity index (χ1) is 18.7. The summed E-state index contributed by atoms with van der Waals surface area (Å²) in [5.74, 6) is -0.288. The van der Waals surface area contributed by atoms with E-state index in [1.54, 1.807) is 23.5 Å². The number of benzene rings is 3. The molecule has 1 fully saturated rings.